The second kappa shape index (κ2) is 2.54. The van der Waals surface area contributed by atoms with Crippen LogP contribution in [0.1, 0.15) is 5.69 Å². The van der Waals surface area contributed by atoms with Crippen molar-refractivity contribution in [3.63, 3.8) is 0 Å². The molecule has 64 valence electrons. The average Bonchev–Trinajstić information content (AvgIpc) is 2.02. The predicted molar refractivity (Wildman–Crippen MR) is 41.0 cm³/mol. The van der Waals surface area contributed by atoms with Crippen molar-refractivity contribution in [1.29, 1.82) is 0 Å². The summed E-state index contributed by atoms with van der Waals surface area (Å²) in [4.78, 5) is 7.65. The molecule has 1 aliphatic rings. The zero-order chi connectivity index (χ0) is 8.60. The van der Waals surface area contributed by atoms with Crippen molar-refractivity contribution in [1.82, 2.24) is 9.97 Å². The highest BCUT2D eigenvalue weighted by atomic mass is 31.2. The molecule has 0 bridgehead atoms. The first kappa shape index (κ1) is 7.71. The lowest BCUT2D eigenvalue weighted by atomic mass is 10.4. The second-order valence-electron chi connectivity index (χ2n) is 2.47. The molecule has 1 aromatic rings. The maximum absolute atomic E-state index is 11.3. The standard InChI is InChI=1S/C6H7N2O3P/c1-12(9)10-3-5-6(11-12)2-7-4-8-5/h2,4H,3H2,1H3. The molecule has 0 aliphatic carbocycles. The van der Waals surface area contributed by atoms with Gasteiger partial charge in [0.2, 0.25) is 0 Å². The normalized spacial score (nSPS) is 27.4. The van der Waals surface area contributed by atoms with Gasteiger partial charge in [-0.1, -0.05) is 0 Å². The molecule has 0 aromatic carbocycles. The van der Waals surface area contributed by atoms with Gasteiger partial charge in [0.05, 0.1) is 6.20 Å². The number of fused-ring (bicyclic) bond motifs is 1. The van der Waals surface area contributed by atoms with Gasteiger partial charge in [0.1, 0.15) is 18.6 Å². The molecule has 0 spiro atoms. The van der Waals surface area contributed by atoms with E-state index in [0.717, 1.165) is 0 Å². The maximum atomic E-state index is 11.3. The average molecular weight is 186 g/mol. The summed E-state index contributed by atoms with van der Waals surface area (Å²) in [7, 11) is -2.90. The zero-order valence-electron chi connectivity index (χ0n) is 6.43. The fourth-order valence-electron chi connectivity index (χ4n) is 0.910. The van der Waals surface area contributed by atoms with Gasteiger partial charge in [-0.25, -0.2) is 14.5 Å². The van der Waals surface area contributed by atoms with Gasteiger partial charge >= 0.3 is 7.60 Å². The third-order valence-electron chi connectivity index (χ3n) is 1.46. The van der Waals surface area contributed by atoms with E-state index in [1.807, 2.05) is 0 Å². The largest absolute Gasteiger partial charge is 0.421 e. The maximum Gasteiger partial charge on any atom is 0.376 e. The number of aromatic nitrogens is 2. The van der Waals surface area contributed by atoms with Gasteiger partial charge in [-0.15, -0.1) is 0 Å². The summed E-state index contributed by atoms with van der Waals surface area (Å²) in [5, 5.41) is 0. The summed E-state index contributed by atoms with van der Waals surface area (Å²) in [6.45, 7) is 1.65. The SMILES string of the molecule is CP1(=O)OCc2ncncc2O1. The first-order chi connectivity index (χ1) is 5.67. The van der Waals surface area contributed by atoms with E-state index in [4.69, 9.17) is 9.05 Å². The van der Waals surface area contributed by atoms with E-state index < -0.39 is 7.60 Å². The van der Waals surface area contributed by atoms with Crippen molar-refractivity contribution in [2.45, 2.75) is 6.61 Å². The molecule has 1 aromatic heterocycles. The Labute approximate surface area is 69.3 Å². The van der Waals surface area contributed by atoms with Crippen molar-refractivity contribution in [2.75, 3.05) is 6.66 Å². The summed E-state index contributed by atoms with van der Waals surface area (Å²) in [5.41, 5.74) is 0.637. The topological polar surface area (TPSA) is 61.3 Å². The molecule has 1 unspecified atom stereocenters. The third-order valence-corrected chi connectivity index (χ3v) is 2.58. The minimum Gasteiger partial charge on any atom is -0.421 e. The van der Waals surface area contributed by atoms with Gasteiger partial charge in [0.15, 0.2) is 5.75 Å². The Balaban J connectivity index is 2.42. The van der Waals surface area contributed by atoms with Crippen LogP contribution in [0.2, 0.25) is 0 Å². The number of hydrogen-bond acceptors (Lipinski definition) is 5. The Morgan fingerprint density at radius 1 is 1.67 bits per heavy atom. The Morgan fingerprint density at radius 3 is 3.33 bits per heavy atom. The van der Waals surface area contributed by atoms with Crippen LogP contribution in [0.3, 0.4) is 0 Å². The van der Waals surface area contributed by atoms with Crippen LogP contribution < -0.4 is 4.52 Å². The van der Waals surface area contributed by atoms with Crippen LogP contribution in [0, 0.1) is 0 Å². The number of nitrogens with zero attached hydrogens (tertiary/aromatic N) is 2. The highest BCUT2D eigenvalue weighted by Gasteiger charge is 2.26. The lowest BCUT2D eigenvalue weighted by Crippen LogP contribution is -2.08. The van der Waals surface area contributed by atoms with Crippen molar-refractivity contribution in [3.05, 3.63) is 18.2 Å². The minimum absolute atomic E-state index is 0.228. The molecule has 0 fully saturated rings. The van der Waals surface area contributed by atoms with E-state index in [1.54, 1.807) is 0 Å². The van der Waals surface area contributed by atoms with Crippen molar-refractivity contribution in [2.24, 2.45) is 0 Å². The van der Waals surface area contributed by atoms with Crippen LogP contribution in [0.4, 0.5) is 0 Å². The van der Waals surface area contributed by atoms with Crippen LogP contribution in [-0.2, 0) is 15.7 Å². The van der Waals surface area contributed by atoms with Gasteiger partial charge in [-0.05, 0) is 0 Å². The molecule has 12 heavy (non-hydrogen) atoms. The molecule has 0 saturated carbocycles. The van der Waals surface area contributed by atoms with Crippen LogP contribution in [-0.4, -0.2) is 16.6 Å². The minimum atomic E-state index is -2.90. The lowest BCUT2D eigenvalue weighted by Gasteiger charge is -2.21. The second-order valence-corrected chi connectivity index (χ2v) is 4.45. The molecule has 0 amide bonds. The van der Waals surface area contributed by atoms with E-state index in [9.17, 15) is 4.57 Å². The predicted octanol–water partition coefficient (Wildman–Crippen LogP) is 1.21. The molecule has 5 nitrogen and oxygen atoms in total. The molecule has 0 saturated heterocycles. The molecule has 2 rings (SSSR count). The molecule has 1 aliphatic heterocycles. The summed E-state index contributed by atoms with van der Waals surface area (Å²) in [6.07, 6.45) is 2.89. The Morgan fingerprint density at radius 2 is 2.50 bits per heavy atom. The fraction of sp³-hybridized carbons (Fsp3) is 0.333. The lowest BCUT2D eigenvalue weighted by molar-refractivity contribution is 0.231. The van der Waals surface area contributed by atoms with Gasteiger partial charge in [0, 0.05) is 6.66 Å². The Bertz CT molecular complexity index is 354. The van der Waals surface area contributed by atoms with Gasteiger partial charge in [-0.3, -0.25) is 4.52 Å². The quantitative estimate of drug-likeness (QED) is 0.570. The molecular formula is C6H7N2O3P. The fourth-order valence-corrected chi connectivity index (χ4v) is 1.83. The molecule has 0 N–H and O–H groups in total. The molecule has 0 radical (unpaired) electrons. The van der Waals surface area contributed by atoms with Crippen molar-refractivity contribution >= 4 is 7.60 Å². The molecular weight excluding hydrogens is 179 g/mol. The van der Waals surface area contributed by atoms with Gasteiger partial charge in [-0.2, -0.15) is 0 Å². The third kappa shape index (κ3) is 1.33. The monoisotopic (exact) mass is 186 g/mol. The highest BCUT2D eigenvalue weighted by molar-refractivity contribution is 7.53. The van der Waals surface area contributed by atoms with Crippen LogP contribution in [0.15, 0.2) is 12.5 Å². The number of hydrogen-bond donors (Lipinski definition) is 0. The number of rotatable bonds is 0. The van der Waals surface area contributed by atoms with Crippen LogP contribution in [0.25, 0.3) is 0 Å². The molecule has 6 heteroatoms. The van der Waals surface area contributed by atoms with Crippen LogP contribution in [0.5, 0.6) is 5.75 Å². The molecule has 2 heterocycles. The summed E-state index contributed by atoms with van der Waals surface area (Å²) in [5.74, 6) is 0.453. The zero-order valence-corrected chi connectivity index (χ0v) is 7.32. The Hall–Kier alpha value is -0.930. The van der Waals surface area contributed by atoms with E-state index >= 15 is 0 Å². The van der Waals surface area contributed by atoms with Gasteiger partial charge in [0.25, 0.3) is 0 Å². The first-order valence-corrected chi connectivity index (χ1v) is 5.37. The van der Waals surface area contributed by atoms with Crippen molar-refractivity contribution in [3.8, 4) is 5.75 Å². The van der Waals surface area contributed by atoms with Crippen LogP contribution >= 0.6 is 7.60 Å². The highest BCUT2D eigenvalue weighted by Crippen LogP contribution is 2.49. The smallest absolute Gasteiger partial charge is 0.376 e. The van der Waals surface area contributed by atoms with E-state index in [0.29, 0.717) is 11.4 Å². The van der Waals surface area contributed by atoms with Crippen molar-refractivity contribution < 1.29 is 13.6 Å². The van der Waals surface area contributed by atoms with E-state index in [1.165, 1.54) is 19.2 Å². The Kier molecular flexibility index (Phi) is 1.63. The van der Waals surface area contributed by atoms with Gasteiger partial charge < -0.3 is 4.52 Å². The van der Waals surface area contributed by atoms with E-state index in [2.05, 4.69) is 9.97 Å². The summed E-state index contributed by atoms with van der Waals surface area (Å²) < 4.78 is 21.3. The summed E-state index contributed by atoms with van der Waals surface area (Å²) >= 11 is 0. The first-order valence-electron chi connectivity index (χ1n) is 3.38. The van der Waals surface area contributed by atoms with E-state index in [-0.39, 0.29) is 6.61 Å². The summed E-state index contributed by atoms with van der Waals surface area (Å²) in [6, 6.07) is 0. The molecule has 1 atom stereocenters.